The van der Waals surface area contributed by atoms with Crippen LogP contribution in [0.4, 0.5) is 0 Å². The van der Waals surface area contributed by atoms with Gasteiger partial charge in [-0.3, -0.25) is 0 Å². The maximum Gasteiger partial charge on any atom is 0.0667 e. The van der Waals surface area contributed by atoms with Gasteiger partial charge in [-0.15, -0.1) is 0 Å². The van der Waals surface area contributed by atoms with Crippen molar-refractivity contribution >= 4 is 65.4 Å². The van der Waals surface area contributed by atoms with Crippen LogP contribution in [0.15, 0.2) is 164 Å². The molecule has 0 saturated heterocycles. The molecule has 3 nitrogen and oxygen atoms in total. The van der Waals surface area contributed by atoms with E-state index < -0.39 is 0 Å². The van der Waals surface area contributed by atoms with Crippen LogP contribution in [0.2, 0.25) is 0 Å². The first-order valence-electron chi connectivity index (χ1n) is 19.2. The fourth-order valence-electron chi connectivity index (χ4n) is 6.88. The highest BCUT2D eigenvalue weighted by Crippen LogP contribution is 2.38. The molecule has 0 aliphatic rings. The van der Waals surface area contributed by atoms with Gasteiger partial charge in [-0.25, -0.2) is 0 Å². The Labute approximate surface area is 272 Å². The maximum atomic E-state index is 10.1. The molecule has 0 unspecified atom stereocenters. The van der Waals surface area contributed by atoms with E-state index in [1.165, 1.54) is 0 Å². The number of para-hydroxylation sites is 6. The molecule has 0 spiro atoms. The summed E-state index contributed by atoms with van der Waals surface area (Å²) in [6, 6.07) is 32.3. The summed E-state index contributed by atoms with van der Waals surface area (Å²) in [6.45, 7) is 0. The molecule has 10 rings (SSSR count). The molecular formula is C42H27N3. The Bertz CT molecular complexity index is 2740. The lowest BCUT2D eigenvalue weighted by Crippen LogP contribution is -2.03. The summed E-state index contributed by atoms with van der Waals surface area (Å²) < 4.78 is 86.3. The predicted molar refractivity (Wildman–Crippen MR) is 189 cm³/mol. The van der Waals surface area contributed by atoms with Crippen molar-refractivity contribution in [1.82, 2.24) is 13.7 Å². The van der Waals surface area contributed by atoms with Gasteiger partial charge in [-0.2, -0.15) is 0 Å². The summed E-state index contributed by atoms with van der Waals surface area (Å²) in [7, 11) is 0. The van der Waals surface area contributed by atoms with Gasteiger partial charge in [-0.05, 0) is 54.5 Å². The van der Waals surface area contributed by atoms with Gasteiger partial charge in [0.2, 0.25) is 0 Å². The van der Waals surface area contributed by atoms with Crippen LogP contribution in [0.25, 0.3) is 82.5 Å². The summed E-state index contributed by atoms with van der Waals surface area (Å²) in [5.74, 6) is 0. The summed E-state index contributed by atoms with van der Waals surface area (Å²) in [6.07, 6.45) is 0. The molecule has 0 saturated carbocycles. The maximum absolute atomic E-state index is 10.1. The summed E-state index contributed by atoms with van der Waals surface area (Å²) in [5, 5.41) is 4.13. The van der Waals surface area contributed by atoms with E-state index in [2.05, 4.69) is 0 Å². The molecule has 0 fully saturated rings. The molecule has 3 heteroatoms. The lowest BCUT2D eigenvalue weighted by atomic mass is 10.2. The van der Waals surface area contributed by atoms with E-state index in [-0.39, 0.29) is 71.4 Å². The fraction of sp³-hybridized carbons (Fsp3) is 0. The van der Waals surface area contributed by atoms with E-state index >= 15 is 0 Å². The van der Waals surface area contributed by atoms with Gasteiger partial charge in [-0.1, -0.05) is 109 Å². The predicted octanol–water partition coefficient (Wildman–Crippen LogP) is 11.0. The third kappa shape index (κ3) is 3.41. The van der Waals surface area contributed by atoms with Crippen LogP contribution in [0.1, 0.15) is 12.3 Å². The highest BCUT2D eigenvalue weighted by atomic mass is 15.0. The molecule has 210 valence electrons. The smallest absolute Gasteiger partial charge is 0.0667 e. The normalized spacial score (nSPS) is 14.8. The molecular weight excluding hydrogens is 546 g/mol. The molecule has 0 radical (unpaired) electrons. The molecule has 0 atom stereocenters. The highest BCUT2D eigenvalue weighted by molar-refractivity contribution is 6.12. The average Bonchev–Trinajstić information content (AvgIpc) is 3.73. The Morgan fingerprint density at radius 2 is 0.489 bits per heavy atom. The van der Waals surface area contributed by atoms with Crippen LogP contribution < -0.4 is 0 Å². The van der Waals surface area contributed by atoms with Crippen molar-refractivity contribution in [3.63, 3.8) is 0 Å². The number of benzene rings is 7. The summed E-state index contributed by atoms with van der Waals surface area (Å²) in [5.41, 5.74) is 4.31. The van der Waals surface area contributed by atoms with Crippen molar-refractivity contribution in [2.45, 2.75) is 0 Å². The number of hydrogen-bond donors (Lipinski definition) is 0. The Morgan fingerprint density at radius 3 is 0.689 bits per heavy atom. The van der Waals surface area contributed by atoms with Crippen molar-refractivity contribution in [3.8, 4) is 17.1 Å². The molecule has 45 heavy (non-hydrogen) atoms. The van der Waals surface area contributed by atoms with Gasteiger partial charge >= 0.3 is 0 Å². The zero-order chi connectivity index (χ0) is 37.3. The first kappa shape index (κ1) is 17.3. The van der Waals surface area contributed by atoms with Crippen molar-refractivity contribution in [2.75, 3.05) is 0 Å². The fourth-order valence-corrected chi connectivity index (χ4v) is 6.88. The third-order valence-electron chi connectivity index (χ3n) is 8.74. The number of rotatable bonds is 3. The summed E-state index contributed by atoms with van der Waals surface area (Å²) in [4.78, 5) is 0. The zero-order valence-electron chi connectivity index (χ0n) is 32.7. The second-order valence-corrected chi connectivity index (χ2v) is 11.1. The molecule has 0 bridgehead atoms. The minimum Gasteiger partial charge on any atom is -0.309 e. The van der Waals surface area contributed by atoms with Crippen LogP contribution in [0.3, 0.4) is 0 Å². The number of nitrogens with zero attached hydrogens (tertiary/aromatic N) is 3. The Balaban J connectivity index is 1.46. The van der Waals surface area contributed by atoms with Gasteiger partial charge in [0.05, 0.1) is 62.5 Å². The molecule has 0 aliphatic carbocycles. The lowest BCUT2D eigenvalue weighted by Gasteiger charge is -2.17. The largest absolute Gasteiger partial charge is 0.309 e. The number of hydrogen-bond acceptors (Lipinski definition) is 0. The van der Waals surface area contributed by atoms with Gasteiger partial charge in [0.25, 0.3) is 0 Å². The van der Waals surface area contributed by atoms with Crippen molar-refractivity contribution in [2.24, 2.45) is 0 Å². The second kappa shape index (κ2) is 9.22. The average molecular weight is 583 g/mol. The van der Waals surface area contributed by atoms with Gasteiger partial charge in [0, 0.05) is 32.3 Å². The van der Waals surface area contributed by atoms with Crippen LogP contribution in [0, 0.1) is 0 Å². The van der Waals surface area contributed by atoms with Crippen LogP contribution >= 0.6 is 0 Å². The zero-order valence-corrected chi connectivity index (χ0v) is 23.7. The van der Waals surface area contributed by atoms with Crippen molar-refractivity contribution < 1.29 is 12.3 Å². The van der Waals surface area contributed by atoms with E-state index in [9.17, 15) is 4.11 Å². The minimum absolute atomic E-state index is 0.108. The van der Waals surface area contributed by atoms with E-state index in [1.54, 1.807) is 109 Å². The van der Waals surface area contributed by atoms with Crippen LogP contribution in [-0.2, 0) is 0 Å². The standard InChI is InChI=1S/C42H27N3/c1-7-19-37-31(13-1)32-14-2-8-20-38(32)43(37)28-25-29(44-39-21-9-3-15-33(39)34-16-4-10-22-40(34)44)27-30(26-28)45-41-23-11-5-17-35(41)36-18-6-12-24-42(36)45/h1-27H/i1D,2D,3D,4D,5D,6D,25D,26D,27D. The SMILES string of the molecule is [2H]c1ccc2c(c1)c1cc([2H])ccc1n2-c1c([2H])c(-n2c3ccc([2H])cc3c3cc([2H])ccc32)c([2H])c(-n2c3ccc([2H])cc3c3cc([2H])ccc32)c1[2H]. The van der Waals surface area contributed by atoms with Crippen molar-refractivity contribution in [1.29, 1.82) is 0 Å². The first-order chi connectivity index (χ1) is 26.0. The second-order valence-electron chi connectivity index (χ2n) is 11.1. The van der Waals surface area contributed by atoms with Crippen molar-refractivity contribution in [3.05, 3.63) is 164 Å². The molecule has 3 heterocycles. The topological polar surface area (TPSA) is 14.8 Å². The Hall–Kier alpha value is -6.06. The Kier molecular flexibility index (Phi) is 3.54. The van der Waals surface area contributed by atoms with Crippen LogP contribution in [0.5, 0.6) is 0 Å². The first-order valence-corrected chi connectivity index (χ1v) is 14.7. The van der Waals surface area contributed by atoms with Gasteiger partial charge in [0.1, 0.15) is 0 Å². The van der Waals surface area contributed by atoms with E-state index in [1.807, 2.05) is 13.7 Å². The van der Waals surface area contributed by atoms with Gasteiger partial charge in [0.15, 0.2) is 0 Å². The van der Waals surface area contributed by atoms with E-state index in [4.69, 9.17) is 8.22 Å². The van der Waals surface area contributed by atoms with Gasteiger partial charge < -0.3 is 13.7 Å². The third-order valence-corrected chi connectivity index (χ3v) is 8.74. The molecule has 10 aromatic rings. The molecule has 3 aromatic heterocycles. The number of aromatic nitrogens is 3. The molecule has 0 aliphatic heterocycles. The van der Waals surface area contributed by atoms with E-state index in [0.717, 1.165) is 0 Å². The summed E-state index contributed by atoms with van der Waals surface area (Å²) >= 11 is 0. The number of fused-ring (bicyclic) bond motifs is 9. The Morgan fingerprint density at radius 1 is 0.289 bits per heavy atom. The van der Waals surface area contributed by atoms with E-state index in [0.29, 0.717) is 65.4 Å². The monoisotopic (exact) mass is 582 g/mol. The molecule has 0 amide bonds. The molecule has 0 N–H and O–H groups in total. The highest BCUT2D eigenvalue weighted by Gasteiger charge is 2.19. The van der Waals surface area contributed by atoms with Crippen LogP contribution in [-0.4, -0.2) is 13.7 Å². The quantitative estimate of drug-likeness (QED) is 0.197. The lowest BCUT2D eigenvalue weighted by molar-refractivity contribution is 1.10. The minimum atomic E-state index is -0.108. The molecule has 7 aromatic carbocycles.